The quantitative estimate of drug-likeness (QED) is 0.614. The first-order valence-corrected chi connectivity index (χ1v) is 9.34. The highest BCUT2D eigenvalue weighted by molar-refractivity contribution is 5.86. The molecule has 0 aromatic carbocycles. The van der Waals surface area contributed by atoms with Gasteiger partial charge in [0, 0.05) is 11.9 Å². The number of amides is 1. The molecule has 0 aliphatic carbocycles. The number of hydrogen-bond donors (Lipinski definition) is 0. The Kier molecular flexibility index (Phi) is 8.17. The molecule has 0 N–H and O–H groups in total. The van der Waals surface area contributed by atoms with Gasteiger partial charge in [0.05, 0.1) is 6.54 Å². The number of nitrogens with zero attached hydrogens (tertiary/aromatic N) is 3. The molecule has 1 amide bonds. The van der Waals surface area contributed by atoms with Crippen molar-refractivity contribution in [1.82, 2.24) is 9.97 Å². The van der Waals surface area contributed by atoms with E-state index in [9.17, 15) is 18.0 Å². The van der Waals surface area contributed by atoms with Crippen molar-refractivity contribution in [1.29, 1.82) is 0 Å². The van der Waals surface area contributed by atoms with Gasteiger partial charge in [0.15, 0.2) is 0 Å². The van der Waals surface area contributed by atoms with Crippen molar-refractivity contribution in [2.24, 2.45) is 0 Å². The summed E-state index contributed by atoms with van der Waals surface area (Å²) in [5, 5.41) is 0. The molecule has 2 aromatic rings. The van der Waals surface area contributed by atoms with Crippen LogP contribution < -0.4 is 4.90 Å². The lowest BCUT2D eigenvalue weighted by atomic mass is 10.2. The topological polar surface area (TPSA) is 55.3 Å². The third-order valence-corrected chi connectivity index (χ3v) is 3.68. The van der Waals surface area contributed by atoms with Crippen LogP contribution in [0.5, 0.6) is 0 Å². The number of aryl methyl sites for hydroxylation is 2. The van der Waals surface area contributed by atoms with Crippen LogP contribution in [0.15, 0.2) is 30.5 Å². The summed E-state index contributed by atoms with van der Waals surface area (Å²) in [7, 11) is 0. The van der Waals surface area contributed by atoms with E-state index in [2.05, 4.69) is 9.97 Å². The zero-order valence-corrected chi connectivity index (χ0v) is 17.9. The number of rotatable bonds is 3. The van der Waals surface area contributed by atoms with Crippen LogP contribution in [-0.2, 0) is 17.5 Å². The first-order chi connectivity index (χ1) is 13.4. The number of hydrogen-bond acceptors (Lipinski definition) is 4. The fourth-order valence-electron chi connectivity index (χ4n) is 2.19. The van der Waals surface area contributed by atoms with E-state index in [1.54, 1.807) is 26.8 Å². The van der Waals surface area contributed by atoms with Crippen molar-refractivity contribution in [2.45, 2.75) is 66.8 Å². The molecule has 0 saturated carbocycles. The highest BCUT2D eigenvalue weighted by Gasteiger charge is 2.32. The second-order valence-corrected chi connectivity index (χ2v) is 7.19. The van der Waals surface area contributed by atoms with Gasteiger partial charge in [0.2, 0.25) is 0 Å². The largest absolute Gasteiger partial charge is 0.443 e. The maximum Gasteiger partial charge on any atom is 0.433 e. The molecule has 2 heterocycles. The maximum absolute atomic E-state index is 12.7. The second-order valence-electron chi connectivity index (χ2n) is 7.19. The molecule has 0 saturated heterocycles. The molecular formula is C21H28F3N3O2. The Balaban J connectivity index is 0.00000204. The van der Waals surface area contributed by atoms with Crippen molar-refractivity contribution in [3.63, 3.8) is 0 Å². The molecule has 0 atom stereocenters. The lowest BCUT2D eigenvalue weighted by Gasteiger charge is -2.27. The Hall–Kier alpha value is -2.64. The van der Waals surface area contributed by atoms with Crippen LogP contribution >= 0.6 is 0 Å². The molecule has 0 fully saturated rings. The molecule has 29 heavy (non-hydrogen) atoms. The van der Waals surface area contributed by atoms with Gasteiger partial charge in [-0.25, -0.2) is 9.78 Å². The minimum Gasteiger partial charge on any atom is -0.443 e. The van der Waals surface area contributed by atoms with Crippen LogP contribution in [0.3, 0.4) is 0 Å². The van der Waals surface area contributed by atoms with Crippen molar-refractivity contribution in [2.75, 3.05) is 4.90 Å². The number of carbonyl (C=O) groups is 1. The highest BCUT2D eigenvalue weighted by Crippen LogP contribution is 2.28. The van der Waals surface area contributed by atoms with Gasteiger partial charge in [-0.2, -0.15) is 13.2 Å². The summed E-state index contributed by atoms with van der Waals surface area (Å²) in [5.74, 6) is 0.354. The second kappa shape index (κ2) is 9.71. The monoisotopic (exact) mass is 411 g/mol. The van der Waals surface area contributed by atoms with E-state index < -0.39 is 23.6 Å². The molecular weight excluding hydrogens is 383 g/mol. The molecule has 0 aliphatic heterocycles. The first kappa shape index (κ1) is 24.4. The Morgan fingerprint density at radius 1 is 1.07 bits per heavy atom. The lowest BCUT2D eigenvalue weighted by Crippen LogP contribution is -2.37. The molecule has 0 radical (unpaired) electrons. The molecule has 0 unspecified atom stereocenters. The normalized spacial score (nSPS) is 11.4. The molecule has 5 nitrogen and oxygen atoms in total. The number of aromatic nitrogens is 2. The average Bonchev–Trinajstić information content (AvgIpc) is 2.62. The molecule has 8 heteroatoms. The third kappa shape index (κ3) is 7.36. The van der Waals surface area contributed by atoms with E-state index in [-0.39, 0.29) is 6.54 Å². The Labute approximate surface area is 169 Å². The summed E-state index contributed by atoms with van der Waals surface area (Å²) in [6.45, 7) is 12.9. The molecule has 0 bridgehead atoms. The SMILES string of the molecule is CC.Cc1ccc(N(Cc2ccc(C(F)(F)F)nc2)C(=O)OC(C)(C)C)nc1C. The van der Waals surface area contributed by atoms with Crippen LogP contribution in [0.25, 0.3) is 0 Å². The number of anilines is 1. The minimum atomic E-state index is -4.51. The van der Waals surface area contributed by atoms with Gasteiger partial charge in [-0.05, 0) is 57.9 Å². The van der Waals surface area contributed by atoms with Crippen molar-refractivity contribution in [3.05, 3.63) is 53.0 Å². The van der Waals surface area contributed by atoms with Gasteiger partial charge < -0.3 is 4.74 Å². The summed E-state index contributed by atoms with van der Waals surface area (Å²) in [6.07, 6.45) is -4.06. The van der Waals surface area contributed by atoms with Crippen LogP contribution in [0.1, 0.15) is 57.1 Å². The van der Waals surface area contributed by atoms with Crippen LogP contribution in [-0.4, -0.2) is 21.7 Å². The van der Waals surface area contributed by atoms with E-state index in [0.717, 1.165) is 23.5 Å². The molecule has 0 aliphatic rings. The van der Waals surface area contributed by atoms with Gasteiger partial charge in [-0.3, -0.25) is 9.88 Å². The fourth-order valence-corrected chi connectivity index (χ4v) is 2.19. The van der Waals surface area contributed by atoms with E-state index in [1.165, 1.54) is 11.0 Å². The van der Waals surface area contributed by atoms with Crippen molar-refractivity contribution < 1.29 is 22.7 Å². The van der Waals surface area contributed by atoms with Crippen molar-refractivity contribution >= 4 is 11.9 Å². The molecule has 2 rings (SSSR count). The molecule has 2 aromatic heterocycles. The number of pyridine rings is 2. The average molecular weight is 411 g/mol. The smallest absolute Gasteiger partial charge is 0.433 e. The summed E-state index contributed by atoms with van der Waals surface area (Å²) >= 11 is 0. The van der Waals surface area contributed by atoms with E-state index in [1.807, 2.05) is 33.8 Å². The zero-order valence-electron chi connectivity index (χ0n) is 17.9. The Morgan fingerprint density at radius 3 is 2.14 bits per heavy atom. The summed E-state index contributed by atoms with van der Waals surface area (Å²) in [4.78, 5) is 21.8. The molecule has 160 valence electrons. The van der Waals surface area contributed by atoms with Gasteiger partial charge in [0.1, 0.15) is 17.1 Å². The highest BCUT2D eigenvalue weighted by atomic mass is 19.4. The Morgan fingerprint density at radius 2 is 1.69 bits per heavy atom. The number of ether oxygens (including phenoxy) is 1. The molecule has 0 spiro atoms. The van der Waals surface area contributed by atoms with Gasteiger partial charge in [-0.1, -0.05) is 26.0 Å². The predicted octanol–water partition coefficient (Wildman–Crippen LogP) is 6.08. The van der Waals surface area contributed by atoms with E-state index in [0.29, 0.717) is 11.4 Å². The van der Waals surface area contributed by atoms with Gasteiger partial charge >= 0.3 is 12.3 Å². The zero-order chi connectivity index (χ0) is 22.4. The maximum atomic E-state index is 12.7. The summed E-state index contributed by atoms with van der Waals surface area (Å²) < 4.78 is 43.5. The summed E-state index contributed by atoms with van der Waals surface area (Å²) in [5.41, 5.74) is 0.409. The van der Waals surface area contributed by atoms with Gasteiger partial charge in [0.25, 0.3) is 0 Å². The standard InChI is InChI=1S/C19H22F3N3O2.C2H6/c1-12-6-9-16(24-13(12)2)25(17(26)27-18(3,4)5)11-14-7-8-15(23-10-14)19(20,21)22;1-2/h6-10H,11H2,1-5H3;1-2H3. The lowest BCUT2D eigenvalue weighted by molar-refractivity contribution is -0.141. The first-order valence-electron chi connectivity index (χ1n) is 9.34. The number of halogens is 3. The minimum absolute atomic E-state index is 0.0183. The van der Waals surface area contributed by atoms with Crippen LogP contribution in [0, 0.1) is 13.8 Å². The van der Waals surface area contributed by atoms with Crippen LogP contribution in [0.2, 0.25) is 0 Å². The Bertz CT molecular complexity index is 813. The van der Waals surface area contributed by atoms with E-state index in [4.69, 9.17) is 4.74 Å². The third-order valence-electron chi connectivity index (χ3n) is 3.68. The van der Waals surface area contributed by atoms with Gasteiger partial charge in [-0.15, -0.1) is 0 Å². The predicted molar refractivity (Wildman–Crippen MR) is 107 cm³/mol. The number of carbonyl (C=O) groups excluding carboxylic acids is 1. The number of alkyl halides is 3. The summed E-state index contributed by atoms with van der Waals surface area (Å²) in [6, 6.07) is 5.66. The fraction of sp³-hybridized carbons (Fsp3) is 0.476. The van der Waals surface area contributed by atoms with Crippen LogP contribution in [0.4, 0.5) is 23.8 Å². The van der Waals surface area contributed by atoms with Crippen molar-refractivity contribution in [3.8, 4) is 0 Å². The van der Waals surface area contributed by atoms with E-state index >= 15 is 0 Å².